The predicted octanol–water partition coefficient (Wildman–Crippen LogP) is 3.20. The van der Waals surface area contributed by atoms with Crippen LogP contribution in [0.25, 0.3) is 0 Å². The summed E-state index contributed by atoms with van der Waals surface area (Å²) in [5.41, 5.74) is 1.35. The fourth-order valence-electron chi connectivity index (χ4n) is 3.65. The van der Waals surface area contributed by atoms with Crippen molar-refractivity contribution in [3.05, 3.63) is 53.1 Å². The van der Waals surface area contributed by atoms with Gasteiger partial charge >= 0.3 is 18.1 Å². The van der Waals surface area contributed by atoms with Gasteiger partial charge in [-0.3, -0.25) is 9.80 Å². The van der Waals surface area contributed by atoms with Crippen molar-refractivity contribution in [2.24, 2.45) is 0 Å². The van der Waals surface area contributed by atoms with Crippen molar-refractivity contribution < 1.29 is 47.2 Å². The lowest BCUT2D eigenvalue weighted by molar-refractivity contribution is -0.159. The summed E-state index contributed by atoms with van der Waals surface area (Å²) < 4.78 is 54.3. The first-order valence-electron chi connectivity index (χ1n) is 10.8. The molecule has 0 atom stereocenters. The van der Waals surface area contributed by atoms with Crippen molar-refractivity contribution in [3.8, 4) is 17.2 Å². The van der Waals surface area contributed by atoms with Crippen LogP contribution in [-0.4, -0.2) is 79.5 Å². The number of halogens is 3. The summed E-state index contributed by atoms with van der Waals surface area (Å²) in [7, 11) is 4.78. The van der Waals surface area contributed by atoms with Gasteiger partial charge in [0, 0.05) is 39.3 Å². The van der Waals surface area contributed by atoms with Gasteiger partial charge in [0.25, 0.3) is 0 Å². The highest BCUT2D eigenvalue weighted by atomic mass is 19.4. The average Bonchev–Trinajstić information content (AvgIpc) is 2.84. The van der Waals surface area contributed by atoms with Gasteiger partial charge < -0.3 is 24.4 Å². The van der Waals surface area contributed by atoms with Gasteiger partial charge in [0.1, 0.15) is 0 Å². The molecule has 0 radical (unpaired) electrons. The van der Waals surface area contributed by atoms with Crippen LogP contribution in [0.4, 0.5) is 13.2 Å². The standard InChI is InChI=1S/C22H27F3N2O3.C2H2O4/c1-28-19-12-17(13-20(29-2)21(19)30-3)15-27-10-8-26(9-11-27)14-16-4-6-18(7-5-16)22(23,24)25;3-1(4)2(5)6/h4-7,12-13H,8-11,14-15H2,1-3H3;(H,3,4)(H,5,6). The van der Waals surface area contributed by atoms with Gasteiger partial charge in [-0.2, -0.15) is 13.2 Å². The number of benzene rings is 2. The molecule has 2 aromatic rings. The summed E-state index contributed by atoms with van der Waals surface area (Å²) in [6.45, 7) is 4.85. The van der Waals surface area contributed by atoms with Crippen molar-refractivity contribution in [1.82, 2.24) is 9.80 Å². The number of aliphatic carboxylic acids is 2. The van der Waals surface area contributed by atoms with Crippen LogP contribution >= 0.6 is 0 Å². The topological polar surface area (TPSA) is 109 Å². The minimum absolute atomic E-state index is 0.574. The predicted molar refractivity (Wildman–Crippen MR) is 123 cm³/mol. The number of hydrogen-bond acceptors (Lipinski definition) is 7. The van der Waals surface area contributed by atoms with E-state index in [1.165, 1.54) is 0 Å². The molecule has 9 nitrogen and oxygen atoms in total. The first kappa shape index (κ1) is 28.7. The maximum atomic E-state index is 12.7. The maximum Gasteiger partial charge on any atom is 0.416 e. The molecule has 0 bridgehead atoms. The Labute approximate surface area is 206 Å². The monoisotopic (exact) mass is 514 g/mol. The maximum absolute atomic E-state index is 12.7. The van der Waals surface area contributed by atoms with E-state index in [1.54, 1.807) is 33.5 Å². The zero-order valence-corrected chi connectivity index (χ0v) is 20.2. The Balaban J connectivity index is 0.000000678. The van der Waals surface area contributed by atoms with Gasteiger partial charge in [-0.05, 0) is 35.4 Å². The van der Waals surface area contributed by atoms with E-state index in [0.717, 1.165) is 56.0 Å². The molecule has 0 aliphatic carbocycles. The molecule has 0 spiro atoms. The van der Waals surface area contributed by atoms with E-state index in [0.29, 0.717) is 23.8 Å². The number of alkyl halides is 3. The summed E-state index contributed by atoms with van der Waals surface area (Å²) >= 11 is 0. The SMILES string of the molecule is COc1cc(CN2CCN(Cc3ccc(C(F)(F)F)cc3)CC2)cc(OC)c1OC.O=C(O)C(=O)O. The van der Waals surface area contributed by atoms with Crippen LogP contribution in [0, 0.1) is 0 Å². The van der Waals surface area contributed by atoms with Crippen LogP contribution in [0.3, 0.4) is 0 Å². The van der Waals surface area contributed by atoms with Crippen molar-refractivity contribution in [2.75, 3.05) is 47.5 Å². The van der Waals surface area contributed by atoms with Crippen LogP contribution in [0.1, 0.15) is 16.7 Å². The molecule has 0 saturated carbocycles. The number of carboxylic acid groups (broad SMARTS) is 2. The minimum atomic E-state index is -4.29. The third-order valence-corrected chi connectivity index (χ3v) is 5.47. The Morgan fingerprint density at radius 3 is 1.53 bits per heavy atom. The van der Waals surface area contributed by atoms with E-state index < -0.39 is 23.7 Å². The fourth-order valence-corrected chi connectivity index (χ4v) is 3.65. The van der Waals surface area contributed by atoms with Gasteiger partial charge in [0.2, 0.25) is 5.75 Å². The second-order valence-electron chi connectivity index (χ2n) is 7.89. The van der Waals surface area contributed by atoms with E-state index >= 15 is 0 Å². The third kappa shape index (κ3) is 8.31. The van der Waals surface area contributed by atoms with Gasteiger partial charge in [-0.25, -0.2) is 9.59 Å². The molecule has 2 aromatic carbocycles. The van der Waals surface area contributed by atoms with E-state index in [4.69, 9.17) is 34.0 Å². The Morgan fingerprint density at radius 2 is 1.19 bits per heavy atom. The lowest BCUT2D eigenvalue weighted by Crippen LogP contribution is -2.45. The molecular weight excluding hydrogens is 485 g/mol. The molecule has 1 aliphatic heterocycles. The number of hydrogen-bond donors (Lipinski definition) is 2. The summed E-state index contributed by atoms with van der Waals surface area (Å²) in [5, 5.41) is 14.8. The van der Waals surface area contributed by atoms with E-state index in [9.17, 15) is 13.2 Å². The molecule has 2 N–H and O–H groups in total. The highest BCUT2D eigenvalue weighted by Crippen LogP contribution is 2.38. The summed E-state index contributed by atoms with van der Waals surface area (Å²) in [4.78, 5) is 22.8. The third-order valence-electron chi connectivity index (χ3n) is 5.47. The molecule has 0 amide bonds. The first-order chi connectivity index (χ1) is 17.0. The van der Waals surface area contributed by atoms with Gasteiger partial charge in [0.05, 0.1) is 26.9 Å². The Kier molecular flexibility index (Phi) is 10.4. The highest BCUT2D eigenvalue weighted by Gasteiger charge is 2.30. The second kappa shape index (κ2) is 13.0. The summed E-state index contributed by atoms with van der Waals surface area (Å²) in [6.07, 6.45) is -4.29. The molecule has 3 rings (SSSR count). The highest BCUT2D eigenvalue weighted by molar-refractivity contribution is 6.27. The number of carboxylic acids is 2. The van der Waals surface area contributed by atoms with Crippen molar-refractivity contribution in [2.45, 2.75) is 19.3 Å². The molecule has 1 saturated heterocycles. The van der Waals surface area contributed by atoms with E-state index in [2.05, 4.69) is 9.80 Å². The number of nitrogens with zero attached hydrogens (tertiary/aromatic N) is 2. The molecule has 36 heavy (non-hydrogen) atoms. The molecular formula is C24H29F3N2O7. The molecule has 198 valence electrons. The van der Waals surface area contributed by atoms with Crippen LogP contribution in [0.5, 0.6) is 17.2 Å². The Bertz CT molecular complexity index is 984. The van der Waals surface area contributed by atoms with Gasteiger partial charge in [-0.1, -0.05) is 12.1 Å². The Morgan fingerprint density at radius 1 is 0.778 bits per heavy atom. The van der Waals surface area contributed by atoms with Crippen LogP contribution in [0.15, 0.2) is 36.4 Å². The van der Waals surface area contributed by atoms with E-state index in [1.807, 2.05) is 12.1 Å². The number of carbonyl (C=O) groups is 2. The van der Waals surface area contributed by atoms with Crippen LogP contribution < -0.4 is 14.2 Å². The quantitative estimate of drug-likeness (QED) is 0.539. The van der Waals surface area contributed by atoms with Crippen LogP contribution in [-0.2, 0) is 28.9 Å². The van der Waals surface area contributed by atoms with Gasteiger partial charge in [0.15, 0.2) is 11.5 Å². The van der Waals surface area contributed by atoms with Crippen molar-refractivity contribution in [1.29, 1.82) is 0 Å². The van der Waals surface area contributed by atoms with E-state index in [-0.39, 0.29) is 0 Å². The number of ether oxygens (including phenoxy) is 3. The summed E-state index contributed by atoms with van der Waals surface area (Å²) in [5.74, 6) is -1.81. The molecule has 12 heteroatoms. The molecule has 0 aromatic heterocycles. The van der Waals surface area contributed by atoms with Gasteiger partial charge in [-0.15, -0.1) is 0 Å². The number of rotatable bonds is 7. The molecule has 0 unspecified atom stereocenters. The molecule has 1 aliphatic rings. The lowest BCUT2D eigenvalue weighted by Gasteiger charge is -2.35. The molecule has 1 heterocycles. The molecule has 1 fully saturated rings. The first-order valence-corrected chi connectivity index (χ1v) is 10.8. The van der Waals surface area contributed by atoms with Crippen LogP contribution in [0.2, 0.25) is 0 Å². The lowest BCUT2D eigenvalue weighted by atomic mass is 10.1. The Hall–Kier alpha value is -3.51. The zero-order chi connectivity index (χ0) is 26.9. The summed E-state index contributed by atoms with van der Waals surface area (Å²) in [6, 6.07) is 9.33. The fraction of sp³-hybridized carbons (Fsp3) is 0.417. The average molecular weight is 514 g/mol. The largest absolute Gasteiger partial charge is 0.493 e. The second-order valence-corrected chi connectivity index (χ2v) is 7.89. The normalized spacial score (nSPS) is 14.4. The minimum Gasteiger partial charge on any atom is -0.493 e. The number of methoxy groups -OCH3 is 3. The number of piperazine rings is 1. The zero-order valence-electron chi connectivity index (χ0n) is 20.2. The van der Waals surface area contributed by atoms with Crippen molar-refractivity contribution in [3.63, 3.8) is 0 Å². The van der Waals surface area contributed by atoms with Crippen molar-refractivity contribution >= 4 is 11.9 Å². The smallest absolute Gasteiger partial charge is 0.416 e.